The van der Waals surface area contributed by atoms with Gasteiger partial charge in [-0.1, -0.05) is 111 Å². The van der Waals surface area contributed by atoms with Crippen molar-refractivity contribution in [3.8, 4) is 45.0 Å². The minimum atomic E-state index is -4.42. The van der Waals surface area contributed by atoms with E-state index in [1.807, 2.05) is 73.8 Å². The van der Waals surface area contributed by atoms with Gasteiger partial charge in [0.05, 0.1) is 46.0 Å². The number of ether oxygens (including phenoxy) is 1. The smallest absolute Gasteiger partial charge is 0.397 e. The van der Waals surface area contributed by atoms with Gasteiger partial charge in [-0.15, -0.1) is 20.4 Å². The predicted octanol–water partition coefficient (Wildman–Crippen LogP) is 13.9. The van der Waals surface area contributed by atoms with Gasteiger partial charge in [-0.2, -0.15) is 41.8 Å². The number of carbonyl (C=O) groups is 1. The molecule has 1 saturated heterocycles. The van der Waals surface area contributed by atoms with Gasteiger partial charge in [0, 0.05) is 50.5 Å². The van der Waals surface area contributed by atoms with Gasteiger partial charge in [-0.25, -0.2) is 4.79 Å². The molecule has 1 amide bonds. The number of aliphatic imine (C=N–C) groups is 1. The second kappa shape index (κ2) is 28.8. The van der Waals surface area contributed by atoms with Gasteiger partial charge in [-0.3, -0.25) is 4.79 Å². The zero-order valence-electron chi connectivity index (χ0n) is 46.1. The molecule has 2 saturated carbocycles. The number of H-pyrrole nitrogens is 2. The molecule has 16 nitrogen and oxygen atoms in total. The number of aromatic nitrogens is 8. The summed E-state index contributed by atoms with van der Waals surface area (Å²) in [5.41, 5.74) is 14.6. The summed E-state index contributed by atoms with van der Waals surface area (Å²) in [6.07, 6.45) is 7.16. The fourth-order valence-corrected chi connectivity index (χ4v) is 10.4. The van der Waals surface area contributed by atoms with Crippen molar-refractivity contribution in [3.63, 3.8) is 0 Å². The molecule has 11 rings (SSSR count). The summed E-state index contributed by atoms with van der Waals surface area (Å²) in [5.74, 6) is 0.737. The molecule has 0 radical (unpaired) electrons. The number of nitrogens with two attached hydrogens (primary N) is 1. The minimum Gasteiger partial charge on any atom is -0.397 e. The molecule has 22 heteroatoms. The number of nitrogen functional groups attached to an aromatic ring is 1. The number of aromatic amines is 2. The number of hydrogen-bond acceptors (Lipinski definition) is 13. The van der Waals surface area contributed by atoms with E-state index >= 15 is 0 Å². The minimum absolute atomic E-state index is 0.0472. The zero-order chi connectivity index (χ0) is 58.8. The molecule has 434 valence electrons. The first-order valence-electron chi connectivity index (χ1n) is 27.5. The standard InChI is InChI=1S/C29H29F3N6O.C20H24N6.C8H4F3NO.C4H8O/c1-38(22-7-3-2-4-8-22)26-16-13-20(23-9-5-6-10-24(23)28-34-36-37-35-28)18-25(26)33-27(39)17-19-11-14-21(15-12-19)29(30,31)32;1-26(15-7-3-2-4-8-15)19-12-11-14(13-18(19)21)16-9-5-6-10-17(16)20-22-24-25-23-20;9-8(10,11)6-1-3-7(4-2-6)12-5-13;1-2-4-5-3-1/h5-6,9-16,18,22H,2-4,7-8,17H2,1H3,(H,33,39)(H,34,35,36,37);5-6,9-13,15H,2-4,7-8,21H2,1H3,(H,22,23,24,25);1-4H;1-4H2. The molecule has 2 aliphatic carbocycles. The Morgan fingerprint density at radius 3 is 1.51 bits per heavy atom. The monoisotopic (exact) mass is 1140 g/mol. The molecule has 3 heterocycles. The summed E-state index contributed by atoms with van der Waals surface area (Å²) in [6, 6.07) is 37.5. The summed E-state index contributed by atoms with van der Waals surface area (Å²) in [7, 11) is 4.21. The number of rotatable bonds is 12. The number of anilines is 4. The number of carbonyl (C=O) groups excluding carboxylic acids is 2. The first-order chi connectivity index (χ1) is 40.1. The van der Waals surface area contributed by atoms with Crippen molar-refractivity contribution in [3.05, 3.63) is 150 Å². The molecule has 0 unspecified atom stereocenters. The normalized spacial score (nSPS) is 14.6. The van der Waals surface area contributed by atoms with Crippen LogP contribution in [0.5, 0.6) is 0 Å². The van der Waals surface area contributed by atoms with Gasteiger partial charge in [0.15, 0.2) is 0 Å². The lowest BCUT2D eigenvalue weighted by atomic mass is 9.93. The molecule has 0 bridgehead atoms. The second-order valence-corrected chi connectivity index (χ2v) is 20.4. The topological polar surface area (TPSA) is 209 Å². The van der Waals surface area contributed by atoms with Gasteiger partial charge in [-0.05, 0) is 137 Å². The summed E-state index contributed by atoms with van der Waals surface area (Å²) < 4.78 is 79.8. The molecule has 0 atom stereocenters. The van der Waals surface area contributed by atoms with Crippen LogP contribution in [0, 0.1) is 0 Å². The fraction of sp³-hybridized carbons (Fsp3) is 0.344. The third kappa shape index (κ3) is 16.7. The van der Waals surface area contributed by atoms with Gasteiger partial charge in [0.2, 0.25) is 23.6 Å². The Labute approximate surface area is 477 Å². The molecule has 0 spiro atoms. The van der Waals surface area contributed by atoms with Crippen LogP contribution in [0.3, 0.4) is 0 Å². The number of alkyl halides is 6. The van der Waals surface area contributed by atoms with Gasteiger partial charge in [0.25, 0.3) is 0 Å². The van der Waals surface area contributed by atoms with E-state index in [9.17, 15) is 35.9 Å². The van der Waals surface area contributed by atoms with E-state index in [1.165, 1.54) is 82.4 Å². The van der Waals surface area contributed by atoms with Crippen LogP contribution in [0.1, 0.15) is 93.7 Å². The lowest BCUT2D eigenvalue weighted by Gasteiger charge is -2.34. The van der Waals surface area contributed by atoms with Gasteiger partial charge < -0.3 is 25.6 Å². The lowest BCUT2D eigenvalue weighted by molar-refractivity contribution is -0.138. The van der Waals surface area contributed by atoms with Crippen molar-refractivity contribution < 1.29 is 40.7 Å². The van der Waals surface area contributed by atoms with Gasteiger partial charge >= 0.3 is 12.4 Å². The maximum absolute atomic E-state index is 13.1. The maximum atomic E-state index is 13.1. The van der Waals surface area contributed by atoms with E-state index in [0.717, 1.165) is 113 Å². The Hall–Kier alpha value is -8.75. The summed E-state index contributed by atoms with van der Waals surface area (Å²) in [4.78, 5) is 30.6. The van der Waals surface area contributed by atoms with Crippen LogP contribution in [-0.2, 0) is 33.1 Å². The highest BCUT2D eigenvalue weighted by atomic mass is 19.4. The SMILES string of the molecule is C1CCOC1.CN(c1ccc(-c2ccccc2-c2nn[nH]n2)cc1N)C1CCCCC1.CN(c1ccc(-c2ccccc2-c2nn[nH]n2)cc1NC(=O)Cc1ccc(C(F)(F)F)cc1)C1CCCCC1.O=C=Nc1ccc(C(F)(F)F)cc1. The van der Waals surface area contributed by atoms with Crippen LogP contribution in [-0.4, -0.2) is 92.6 Å². The number of halogens is 6. The Balaban J connectivity index is 0.000000174. The lowest BCUT2D eigenvalue weighted by Crippen LogP contribution is -2.34. The first kappa shape index (κ1) is 60.3. The van der Waals surface area contributed by atoms with Crippen molar-refractivity contribution in [1.82, 2.24) is 41.2 Å². The first-order valence-corrected chi connectivity index (χ1v) is 27.5. The van der Waals surface area contributed by atoms with Crippen molar-refractivity contribution in [2.75, 3.05) is 48.2 Å². The molecule has 1 aliphatic heterocycles. The molecular formula is C61H65F6N13O3. The number of tetrazole rings is 2. The zero-order valence-corrected chi connectivity index (χ0v) is 46.1. The summed E-state index contributed by atoms with van der Waals surface area (Å²) in [6.45, 7) is 2.00. The molecule has 83 heavy (non-hydrogen) atoms. The number of benzene rings is 6. The van der Waals surface area contributed by atoms with Crippen molar-refractivity contribution in [2.45, 2.75) is 108 Å². The number of nitrogens with zero attached hydrogens (tertiary/aromatic N) is 9. The molecule has 8 aromatic rings. The van der Waals surface area contributed by atoms with Crippen LogP contribution in [0.2, 0.25) is 0 Å². The van der Waals surface area contributed by atoms with E-state index in [-0.39, 0.29) is 18.0 Å². The van der Waals surface area contributed by atoms with Crippen LogP contribution in [0.25, 0.3) is 45.0 Å². The Bertz CT molecular complexity index is 3350. The molecular weight excluding hydrogens is 1080 g/mol. The maximum Gasteiger partial charge on any atom is 0.416 e. The van der Waals surface area contributed by atoms with Crippen LogP contribution < -0.4 is 20.9 Å². The molecule has 5 N–H and O–H groups in total. The van der Waals surface area contributed by atoms with E-state index < -0.39 is 23.5 Å². The summed E-state index contributed by atoms with van der Waals surface area (Å²) >= 11 is 0. The summed E-state index contributed by atoms with van der Waals surface area (Å²) in [5, 5.41) is 31.9. The van der Waals surface area contributed by atoms with E-state index in [2.05, 4.69) is 86.6 Å². The van der Waals surface area contributed by atoms with E-state index in [0.29, 0.717) is 35.0 Å². The fourth-order valence-electron chi connectivity index (χ4n) is 10.4. The average Bonchev–Trinajstić information content (AvgIpc) is 4.37. The van der Waals surface area contributed by atoms with E-state index in [1.54, 1.807) is 0 Å². The number of amides is 1. The second-order valence-electron chi connectivity index (χ2n) is 20.4. The van der Waals surface area contributed by atoms with Crippen molar-refractivity contribution >= 4 is 40.4 Å². The Morgan fingerprint density at radius 2 is 1.07 bits per heavy atom. The van der Waals surface area contributed by atoms with Crippen molar-refractivity contribution in [2.24, 2.45) is 4.99 Å². The van der Waals surface area contributed by atoms with Crippen molar-refractivity contribution in [1.29, 1.82) is 0 Å². The molecule has 6 aromatic carbocycles. The largest absolute Gasteiger partial charge is 0.416 e. The highest BCUT2D eigenvalue weighted by Gasteiger charge is 2.31. The van der Waals surface area contributed by atoms with Crippen LogP contribution in [0.4, 0.5) is 54.8 Å². The van der Waals surface area contributed by atoms with Crippen LogP contribution in [0.15, 0.2) is 138 Å². The Morgan fingerprint density at radius 1 is 0.614 bits per heavy atom. The molecule has 3 aliphatic rings. The predicted molar refractivity (Wildman–Crippen MR) is 308 cm³/mol. The van der Waals surface area contributed by atoms with E-state index in [4.69, 9.17) is 10.5 Å². The van der Waals surface area contributed by atoms with Gasteiger partial charge in [0.1, 0.15) is 0 Å². The number of isocyanates is 1. The Kier molecular flexibility index (Phi) is 20.9. The number of nitrogens with one attached hydrogen (secondary N) is 3. The highest BCUT2D eigenvalue weighted by molar-refractivity contribution is 5.97. The third-order valence-corrected chi connectivity index (χ3v) is 14.8. The molecule has 2 aromatic heterocycles. The quantitative estimate of drug-likeness (QED) is 0.0390. The van der Waals surface area contributed by atoms with Crippen LogP contribution >= 0.6 is 0 Å². The number of hydrogen-bond donors (Lipinski definition) is 4. The third-order valence-electron chi connectivity index (χ3n) is 14.8. The average molecular weight is 1140 g/mol. The molecule has 3 fully saturated rings. The highest BCUT2D eigenvalue weighted by Crippen LogP contribution is 2.39.